The Labute approximate surface area is 89.8 Å². The Morgan fingerprint density at radius 2 is 2.00 bits per heavy atom. The van der Waals surface area contributed by atoms with Crippen molar-refractivity contribution in [2.24, 2.45) is 0 Å². The van der Waals surface area contributed by atoms with Crippen LogP contribution in [0.4, 0.5) is 0 Å². The van der Waals surface area contributed by atoms with Crippen LogP contribution in [0.25, 0.3) is 0 Å². The topological polar surface area (TPSA) is 75.6 Å². The third kappa shape index (κ3) is 7.93. The van der Waals surface area contributed by atoms with E-state index in [2.05, 4.69) is 5.32 Å². The number of amides is 1. The Morgan fingerprint density at radius 1 is 1.40 bits per heavy atom. The molecular formula is C10H19NO4. The molecule has 5 nitrogen and oxygen atoms in total. The van der Waals surface area contributed by atoms with E-state index in [0.717, 1.165) is 0 Å². The maximum Gasteiger partial charge on any atom is 0.303 e. The average molecular weight is 217 g/mol. The number of methoxy groups -OCH3 is 1. The molecule has 0 heterocycles. The summed E-state index contributed by atoms with van der Waals surface area (Å²) in [7, 11) is 1.55. The molecule has 5 heteroatoms. The van der Waals surface area contributed by atoms with Crippen LogP contribution in [0.5, 0.6) is 0 Å². The van der Waals surface area contributed by atoms with Crippen LogP contribution in [-0.2, 0) is 14.3 Å². The molecule has 0 saturated heterocycles. The summed E-state index contributed by atoms with van der Waals surface area (Å²) in [6, 6.07) is -0.113. The van der Waals surface area contributed by atoms with E-state index in [9.17, 15) is 9.59 Å². The summed E-state index contributed by atoms with van der Waals surface area (Å²) in [4.78, 5) is 21.6. The van der Waals surface area contributed by atoms with Gasteiger partial charge in [0.1, 0.15) is 0 Å². The van der Waals surface area contributed by atoms with Gasteiger partial charge >= 0.3 is 5.97 Å². The van der Waals surface area contributed by atoms with E-state index in [1.165, 1.54) is 0 Å². The van der Waals surface area contributed by atoms with Crippen LogP contribution in [-0.4, -0.2) is 36.2 Å². The molecule has 0 aliphatic carbocycles. The fourth-order valence-electron chi connectivity index (χ4n) is 1.09. The molecule has 0 spiro atoms. The van der Waals surface area contributed by atoms with Gasteiger partial charge in [0.2, 0.25) is 5.91 Å². The number of hydrogen-bond acceptors (Lipinski definition) is 3. The quantitative estimate of drug-likeness (QED) is 0.660. The molecule has 2 N–H and O–H groups in total. The van der Waals surface area contributed by atoms with Crippen molar-refractivity contribution < 1.29 is 19.4 Å². The first-order valence-corrected chi connectivity index (χ1v) is 4.99. The summed E-state index contributed by atoms with van der Waals surface area (Å²) >= 11 is 0. The number of nitrogens with one attached hydrogen (secondary N) is 1. The van der Waals surface area contributed by atoms with E-state index in [0.29, 0.717) is 12.8 Å². The summed E-state index contributed by atoms with van der Waals surface area (Å²) in [6.07, 6.45) is 0.703. The molecule has 0 aliphatic heterocycles. The van der Waals surface area contributed by atoms with Gasteiger partial charge in [0.05, 0.1) is 12.5 Å². The van der Waals surface area contributed by atoms with Gasteiger partial charge < -0.3 is 15.2 Å². The number of carboxylic acids is 1. The average Bonchev–Trinajstić information content (AvgIpc) is 2.14. The molecule has 2 atom stereocenters. The maximum atomic E-state index is 11.3. The Balaban J connectivity index is 3.71. The smallest absolute Gasteiger partial charge is 0.303 e. The number of carboxylic acid groups (broad SMARTS) is 1. The van der Waals surface area contributed by atoms with Crippen molar-refractivity contribution >= 4 is 11.9 Å². The predicted molar refractivity (Wildman–Crippen MR) is 55.6 cm³/mol. The zero-order valence-corrected chi connectivity index (χ0v) is 9.45. The van der Waals surface area contributed by atoms with Crippen LogP contribution in [0, 0.1) is 0 Å². The Bertz CT molecular complexity index is 217. The largest absolute Gasteiger partial charge is 0.481 e. The van der Waals surface area contributed by atoms with Crippen molar-refractivity contribution in [3.63, 3.8) is 0 Å². The van der Waals surface area contributed by atoms with Gasteiger partial charge in [0.25, 0.3) is 0 Å². The first-order valence-electron chi connectivity index (χ1n) is 4.99. The SMILES string of the molecule is COC(C)CC(=O)NC(C)CCC(=O)O. The molecule has 0 rings (SSSR count). The van der Waals surface area contributed by atoms with Crippen molar-refractivity contribution in [1.29, 1.82) is 0 Å². The highest BCUT2D eigenvalue weighted by Crippen LogP contribution is 1.99. The second-order valence-corrected chi connectivity index (χ2v) is 3.65. The van der Waals surface area contributed by atoms with E-state index in [4.69, 9.17) is 9.84 Å². The molecule has 0 saturated carbocycles. The van der Waals surface area contributed by atoms with Crippen molar-refractivity contribution in [3.05, 3.63) is 0 Å². The molecule has 0 fully saturated rings. The first kappa shape index (κ1) is 13.9. The lowest BCUT2D eigenvalue weighted by molar-refractivity contribution is -0.137. The Morgan fingerprint density at radius 3 is 2.47 bits per heavy atom. The van der Waals surface area contributed by atoms with Gasteiger partial charge in [-0.2, -0.15) is 0 Å². The van der Waals surface area contributed by atoms with E-state index < -0.39 is 5.97 Å². The molecule has 88 valence electrons. The number of ether oxygens (including phenoxy) is 1. The van der Waals surface area contributed by atoms with E-state index in [-0.39, 0.29) is 24.5 Å². The fraction of sp³-hybridized carbons (Fsp3) is 0.800. The number of carbonyl (C=O) groups is 2. The Hall–Kier alpha value is -1.10. The summed E-state index contributed by atoms with van der Waals surface area (Å²) in [6.45, 7) is 3.60. The number of aliphatic carboxylic acids is 1. The molecule has 0 aliphatic rings. The van der Waals surface area contributed by atoms with Crippen LogP contribution in [0.15, 0.2) is 0 Å². The molecule has 0 aromatic rings. The molecular weight excluding hydrogens is 198 g/mol. The van der Waals surface area contributed by atoms with Crippen LogP contribution in [0.3, 0.4) is 0 Å². The monoisotopic (exact) mass is 217 g/mol. The highest BCUT2D eigenvalue weighted by Gasteiger charge is 2.11. The van der Waals surface area contributed by atoms with Gasteiger partial charge in [-0.25, -0.2) is 0 Å². The van der Waals surface area contributed by atoms with Crippen molar-refractivity contribution in [1.82, 2.24) is 5.32 Å². The van der Waals surface area contributed by atoms with Crippen LogP contribution < -0.4 is 5.32 Å². The summed E-state index contributed by atoms with van der Waals surface area (Å²) in [5.74, 6) is -0.955. The minimum absolute atomic E-state index is 0.0707. The summed E-state index contributed by atoms with van der Waals surface area (Å²) in [5, 5.41) is 11.2. The zero-order chi connectivity index (χ0) is 11.8. The molecule has 2 unspecified atom stereocenters. The molecule has 0 radical (unpaired) electrons. The van der Waals surface area contributed by atoms with E-state index in [1.807, 2.05) is 6.92 Å². The van der Waals surface area contributed by atoms with Gasteiger partial charge in [-0.1, -0.05) is 0 Å². The van der Waals surface area contributed by atoms with Crippen LogP contribution in [0.2, 0.25) is 0 Å². The van der Waals surface area contributed by atoms with Gasteiger partial charge in [-0.15, -0.1) is 0 Å². The van der Waals surface area contributed by atoms with Crippen molar-refractivity contribution in [2.75, 3.05) is 7.11 Å². The number of hydrogen-bond donors (Lipinski definition) is 2. The molecule has 0 aromatic heterocycles. The van der Waals surface area contributed by atoms with Crippen LogP contribution >= 0.6 is 0 Å². The van der Waals surface area contributed by atoms with Gasteiger partial charge in [0, 0.05) is 19.6 Å². The van der Waals surface area contributed by atoms with Crippen molar-refractivity contribution in [2.45, 2.75) is 45.3 Å². The lowest BCUT2D eigenvalue weighted by Gasteiger charge is -2.14. The van der Waals surface area contributed by atoms with Gasteiger partial charge in [-0.3, -0.25) is 9.59 Å². The molecule has 15 heavy (non-hydrogen) atoms. The normalized spacial score (nSPS) is 14.3. The van der Waals surface area contributed by atoms with E-state index >= 15 is 0 Å². The highest BCUT2D eigenvalue weighted by molar-refractivity contribution is 5.76. The second kappa shape index (κ2) is 7.23. The highest BCUT2D eigenvalue weighted by atomic mass is 16.5. The summed E-state index contributed by atoms with van der Waals surface area (Å²) in [5.41, 5.74) is 0. The zero-order valence-electron chi connectivity index (χ0n) is 9.45. The van der Waals surface area contributed by atoms with Gasteiger partial charge in [0.15, 0.2) is 0 Å². The molecule has 1 amide bonds. The summed E-state index contributed by atoms with van der Waals surface area (Å²) < 4.78 is 4.95. The third-order valence-corrected chi connectivity index (χ3v) is 2.07. The maximum absolute atomic E-state index is 11.3. The first-order chi connectivity index (χ1) is 6.95. The lowest BCUT2D eigenvalue weighted by atomic mass is 10.1. The lowest BCUT2D eigenvalue weighted by Crippen LogP contribution is -2.34. The van der Waals surface area contributed by atoms with Crippen LogP contribution in [0.1, 0.15) is 33.1 Å². The van der Waals surface area contributed by atoms with Gasteiger partial charge in [-0.05, 0) is 20.3 Å². The minimum atomic E-state index is -0.846. The second-order valence-electron chi connectivity index (χ2n) is 3.65. The standard InChI is InChI=1S/C10H19NO4/c1-7(4-5-10(13)14)11-9(12)6-8(2)15-3/h7-8H,4-6H2,1-3H3,(H,11,12)(H,13,14). The Kier molecular flexibility index (Phi) is 6.70. The third-order valence-electron chi connectivity index (χ3n) is 2.07. The van der Waals surface area contributed by atoms with E-state index in [1.54, 1.807) is 14.0 Å². The fourth-order valence-corrected chi connectivity index (χ4v) is 1.09. The molecule has 0 aromatic carbocycles. The number of carbonyl (C=O) groups excluding carboxylic acids is 1. The molecule has 0 bridgehead atoms. The van der Waals surface area contributed by atoms with Crippen molar-refractivity contribution in [3.8, 4) is 0 Å². The predicted octanol–water partition coefficient (Wildman–Crippen LogP) is 0.781. The number of rotatable bonds is 7. The minimum Gasteiger partial charge on any atom is -0.481 e.